The Balaban J connectivity index is 2.32. The van der Waals surface area contributed by atoms with Crippen LogP contribution in [-0.2, 0) is 4.74 Å². The van der Waals surface area contributed by atoms with E-state index in [-0.39, 0.29) is 16.5 Å². The maximum absolute atomic E-state index is 14.2. The van der Waals surface area contributed by atoms with Gasteiger partial charge in [0.25, 0.3) is 0 Å². The van der Waals surface area contributed by atoms with Crippen LogP contribution in [0.3, 0.4) is 0 Å². The van der Waals surface area contributed by atoms with Crippen molar-refractivity contribution in [2.75, 3.05) is 18.9 Å². The van der Waals surface area contributed by atoms with Crippen molar-refractivity contribution in [3.63, 3.8) is 0 Å². The second-order valence-electron chi connectivity index (χ2n) is 5.60. The molecule has 3 atom stereocenters. The molecule has 0 aromatic carbocycles. The molecular weight excluding hydrogens is 342 g/mol. The van der Waals surface area contributed by atoms with Crippen LogP contribution in [0.15, 0.2) is 16.4 Å². The van der Waals surface area contributed by atoms with Gasteiger partial charge in [0.15, 0.2) is 11.3 Å². The van der Waals surface area contributed by atoms with Crippen LogP contribution in [0.25, 0.3) is 0 Å². The molecule has 3 unspecified atom stereocenters. The highest BCUT2D eigenvalue weighted by Gasteiger charge is 2.60. The molecule has 6 nitrogen and oxygen atoms in total. The molecule has 0 radical (unpaired) electrons. The Labute approximate surface area is 133 Å². The number of thioether (sulfide) groups is 1. The third-order valence-corrected chi connectivity index (χ3v) is 4.84. The summed E-state index contributed by atoms with van der Waals surface area (Å²) in [6.45, 7) is 0.0812. The molecule has 23 heavy (non-hydrogen) atoms. The molecule has 2 aliphatic heterocycles. The minimum Gasteiger partial charge on any atom is -0.379 e. The molecule has 0 aromatic heterocycles. The van der Waals surface area contributed by atoms with Gasteiger partial charge < -0.3 is 10.5 Å². The lowest BCUT2D eigenvalue weighted by Crippen LogP contribution is -2.47. The molecule has 0 bridgehead atoms. The fraction of sp³-hybridized carbons (Fsp3) is 0.750. The summed E-state index contributed by atoms with van der Waals surface area (Å²) < 4.78 is 58.3. The molecule has 2 heterocycles. The summed E-state index contributed by atoms with van der Waals surface area (Å²) in [5.41, 5.74) is 3.97. The average molecular weight is 357 g/mol. The first-order valence-electron chi connectivity index (χ1n) is 6.67. The molecule has 0 saturated carbocycles. The highest BCUT2D eigenvalue weighted by Crippen LogP contribution is 2.48. The number of nitrogens with zero attached hydrogens (tertiary/aromatic N) is 2. The van der Waals surface area contributed by atoms with Crippen LogP contribution in [0, 0.1) is 16.0 Å². The molecule has 0 spiro atoms. The first-order valence-corrected chi connectivity index (χ1v) is 7.66. The summed E-state index contributed by atoms with van der Waals surface area (Å²) in [5.74, 6) is -1.93. The van der Waals surface area contributed by atoms with Gasteiger partial charge in [0.2, 0.25) is 6.54 Å². The molecule has 0 aliphatic carbocycles. The van der Waals surface area contributed by atoms with Crippen LogP contribution in [0.4, 0.5) is 17.6 Å². The number of hydrogen-bond donors (Lipinski definition) is 1. The van der Waals surface area contributed by atoms with E-state index in [0.717, 1.165) is 11.8 Å². The van der Waals surface area contributed by atoms with Gasteiger partial charge in [-0.3, -0.25) is 15.1 Å². The number of fused-ring (bicyclic) bond motifs is 1. The van der Waals surface area contributed by atoms with Crippen molar-refractivity contribution in [2.24, 2.45) is 16.6 Å². The predicted octanol–water partition coefficient (Wildman–Crippen LogP) is 2.27. The predicted molar refractivity (Wildman–Crippen MR) is 76.4 cm³/mol. The lowest BCUT2D eigenvalue weighted by molar-refractivity contribution is -0.471. The topological polar surface area (TPSA) is 90.8 Å². The van der Waals surface area contributed by atoms with Gasteiger partial charge in [-0.1, -0.05) is 11.8 Å². The van der Waals surface area contributed by atoms with Crippen LogP contribution in [0.5, 0.6) is 0 Å². The van der Waals surface area contributed by atoms with Gasteiger partial charge >= 0.3 is 6.18 Å². The van der Waals surface area contributed by atoms with Crippen molar-refractivity contribution in [1.82, 2.24) is 0 Å². The van der Waals surface area contributed by atoms with Gasteiger partial charge in [0.1, 0.15) is 5.83 Å². The number of nitro groups is 1. The quantitative estimate of drug-likeness (QED) is 0.473. The molecule has 0 aromatic rings. The number of rotatable bonds is 4. The van der Waals surface area contributed by atoms with E-state index in [1.807, 2.05) is 0 Å². The van der Waals surface area contributed by atoms with Gasteiger partial charge in [-0.25, -0.2) is 4.39 Å². The number of halogens is 4. The number of aliphatic imine (C=N–C) groups is 1. The Morgan fingerprint density at radius 3 is 2.83 bits per heavy atom. The van der Waals surface area contributed by atoms with Crippen LogP contribution in [-0.4, -0.2) is 46.8 Å². The zero-order valence-electron chi connectivity index (χ0n) is 12.1. The Kier molecular flexibility index (Phi) is 4.90. The standard InChI is InChI=1S/C12H15F4N3O3S/c1-6(3-19(20)21)8(13)2-11-5-22-9(12(14,15)16)7(11)4-23-10(17)18-11/h7,9H,2-5H2,1H3,(H2,17,18). The number of alkyl halides is 3. The maximum atomic E-state index is 14.2. The second-order valence-corrected chi connectivity index (χ2v) is 6.64. The first kappa shape index (κ1) is 18.0. The third kappa shape index (κ3) is 3.77. The van der Waals surface area contributed by atoms with Crippen molar-refractivity contribution in [3.05, 3.63) is 21.5 Å². The monoisotopic (exact) mass is 357 g/mol. The van der Waals surface area contributed by atoms with Gasteiger partial charge in [0, 0.05) is 28.6 Å². The first-order chi connectivity index (χ1) is 10.5. The number of amidine groups is 1. The lowest BCUT2D eigenvalue weighted by atomic mass is 9.81. The molecule has 2 rings (SSSR count). The molecule has 1 saturated heterocycles. The van der Waals surface area contributed by atoms with E-state index in [1.165, 1.54) is 6.92 Å². The van der Waals surface area contributed by atoms with E-state index in [0.29, 0.717) is 0 Å². The van der Waals surface area contributed by atoms with Crippen LogP contribution >= 0.6 is 11.8 Å². The minimum atomic E-state index is -4.59. The van der Waals surface area contributed by atoms with E-state index in [1.54, 1.807) is 0 Å². The normalized spacial score (nSPS) is 32.1. The molecule has 1 fully saturated rings. The summed E-state index contributed by atoms with van der Waals surface area (Å²) >= 11 is 0.960. The van der Waals surface area contributed by atoms with Crippen molar-refractivity contribution >= 4 is 16.9 Å². The summed E-state index contributed by atoms with van der Waals surface area (Å²) in [6.07, 6.45) is -7.13. The van der Waals surface area contributed by atoms with Crippen molar-refractivity contribution in [2.45, 2.75) is 31.2 Å². The molecule has 11 heteroatoms. The average Bonchev–Trinajstić information content (AvgIpc) is 2.75. The fourth-order valence-electron chi connectivity index (χ4n) is 2.77. The lowest BCUT2D eigenvalue weighted by Gasteiger charge is -2.35. The third-order valence-electron chi connectivity index (χ3n) is 3.93. The summed E-state index contributed by atoms with van der Waals surface area (Å²) in [5, 5.41) is 10.5. The van der Waals surface area contributed by atoms with Crippen molar-refractivity contribution in [3.8, 4) is 0 Å². The SMILES string of the molecule is CC(C[N+](=O)[O-])=C(F)CC12COC(C(F)(F)F)C1CSC(N)=N2. The molecule has 0 amide bonds. The highest BCUT2D eigenvalue weighted by atomic mass is 32.2. The minimum absolute atomic E-state index is 0.00107. The van der Waals surface area contributed by atoms with Crippen LogP contribution in [0.1, 0.15) is 13.3 Å². The Bertz CT molecular complexity index is 566. The number of hydrogen-bond acceptors (Lipinski definition) is 6. The van der Waals surface area contributed by atoms with Gasteiger partial charge in [-0.15, -0.1) is 0 Å². The fourth-order valence-corrected chi connectivity index (χ4v) is 3.85. The van der Waals surface area contributed by atoms with E-state index in [9.17, 15) is 27.7 Å². The van der Waals surface area contributed by atoms with Gasteiger partial charge in [-0.2, -0.15) is 13.2 Å². The zero-order valence-corrected chi connectivity index (χ0v) is 12.9. The smallest absolute Gasteiger partial charge is 0.379 e. The zero-order chi connectivity index (χ0) is 17.4. The summed E-state index contributed by atoms with van der Waals surface area (Å²) in [7, 11) is 0. The molecule has 130 valence electrons. The van der Waals surface area contributed by atoms with E-state index in [4.69, 9.17) is 10.5 Å². The van der Waals surface area contributed by atoms with Crippen LogP contribution in [0.2, 0.25) is 0 Å². The Morgan fingerprint density at radius 2 is 2.26 bits per heavy atom. The van der Waals surface area contributed by atoms with E-state index in [2.05, 4.69) is 4.99 Å². The molecule has 2 N–H and O–H groups in total. The maximum Gasteiger partial charge on any atom is 0.415 e. The largest absolute Gasteiger partial charge is 0.415 e. The van der Waals surface area contributed by atoms with E-state index < -0.39 is 54.1 Å². The van der Waals surface area contributed by atoms with Crippen molar-refractivity contribution < 1.29 is 27.2 Å². The van der Waals surface area contributed by atoms with Crippen LogP contribution < -0.4 is 5.73 Å². The number of ether oxygens (including phenoxy) is 1. The number of nitrogens with two attached hydrogens (primary N) is 1. The second kappa shape index (κ2) is 6.27. The summed E-state index contributed by atoms with van der Waals surface area (Å²) in [4.78, 5) is 13.8. The van der Waals surface area contributed by atoms with E-state index >= 15 is 0 Å². The molecular formula is C12H15F4N3O3S. The van der Waals surface area contributed by atoms with Crippen molar-refractivity contribution in [1.29, 1.82) is 0 Å². The molecule has 2 aliphatic rings. The Morgan fingerprint density at radius 1 is 1.61 bits per heavy atom. The summed E-state index contributed by atoms with van der Waals surface area (Å²) in [6, 6.07) is 0. The highest BCUT2D eigenvalue weighted by molar-refractivity contribution is 8.13. The van der Waals surface area contributed by atoms with Gasteiger partial charge in [0.05, 0.1) is 12.1 Å². The Hall–Kier alpha value is -1.36. The van der Waals surface area contributed by atoms with Gasteiger partial charge in [-0.05, 0) is 6.92 Å².